The molecule has 31 heavy (non-hydrogen) atoms. The van der Waals surface area contributed by atoms with Crippen LogP contribution in [0.1, 0.15) is 49.9 Å². The van der Waals surface area contributed by atoms with Crippen molar-refractivity contribution in [3.8, 4) is 5.75 Å². The molecule has 1 aromatic heterocycles. The van der Waals surface area contributed by atoms with Gasteiger partial charge < -0.3 is 14.1 Å². The highest BCUT2D eigenvalue weighted by Gasteiger charge is 2.41. The lowest BCUT2D eigenvalue weighted by molar-refractivity contribution is -0.146. The predicted molar refractivity (Wildman–Crippen MR) is 111 cm³/mol. The second-order valence-electron chi connectivity index (χ2n) is 8.19. The SMILES string of the molecule is CC(C)(Oc1ccc(F)cc1)C(=O)N1CCC[C@H]1c1ncc(Cc2ccc(F)cc2)o1. The first-order valence-corrected chi connectivity index (χ1v) is 10.3. The lowest BCUT2D eigenvalue weighted by Gasteiger charge is -2.32. The standard InChI is InChI=1S/C24H24F2N2O3/c1-24(2,31-19-11-9-18(26)10-12-19)23(29)28-13-3-4-21(28)22-27-15-20(30-22)14-16-5-7-17(25)8-6-16/h5-12,15,21H,3-4,13-14H2,1-2H3/t21-/m0/s1. The zero-order valence-corrected chi connectivity index (χ0v) is 17.5. The van der Waals surface area contributed by atoms with E-state index in [1.807, 2.05) is 0 Å². The fourth-order valence-corrected chi connectivity index (χ4v) is 3.82. The van der Waals surface area contributed by atoms with E-state index in [1.54, 1.807) is 37.1 Å². The molecule has 0 aliphatic carbocycles. The van der Waals surface area contributed by atoms with Crippen LogP contribution in [0.15, 0.2) is 59.1 Å². The highest BCUT2D eigenvalue weighted by atomic mass is 19.1. The van der Waals surface area contributed by atoms with Crippen molar-refractivity contribution in [1.29, 1.82) is 0 Å². The Morgan fingerprint density at radius 2 is 1.77 bits per heavy atom. The number of nitrogens with zero attached hydrogens (tertiary/aromatic N) is 2. The van der Waals surface area contributed by atoms with Gasteiger partial charge in [0.25, 0.3) is 5.91 Å². The Balaban J connectivity index is 1.47. The summed E-state index contributed by atoms with van der Waals surface area (Å²) in [6, 6.07) is 11.6. The van der Waals surface area contributed by atoms with Crippen LogP contribution in [0.5, 0.6) is 5.75 Å². The summed E-state index contributed by atoms with van der Waals surface area (Å²) in [7, 11) is 0. The van der Waals surface area contributed by atoms with Gasteiger partial charge in [0.05, 0.1) is 6.20 Å². The second-order valence-corrected chi connectivity index (χ2v) is 8.19. The second kappa shape index (κ2) is 8.49. The maximum atomic E-state index is 13.3. The topological polar surface area (TPSA) is 55.6 Å². The molecular weight excluding hydrogens is 402 g/mol. The number of halogens is 2. The number of amides is 1. The Morgan fingerprint density at radius 3 is 2.45 bits per heavy atom. The molecule has 5 nitrogen and oxygen atoms in total. The van der Waals surface area contributed by atoms with Crippen molar-refractivity contribution in [3.63, 3.8) is 0 Å². The maximum Gasteiger partial charge on any atom is 0.266 e. The minimum absolute atomic E-state index is 0.183. The third-order valence-corrected chi connectivity index (χ3v) is 5.36. The van der Waals surface area contributed by atoms with Crippen molar-refractivity contribution in [2.24, 2.45) is 0 Å². The summed E-state index contributed by atoms with van der Waals surface area (Å²) in [5.41, 5.74) is -0.221. The van der Waals surface area contributed by atoms with Gasteiger partial charge in [-0.15, -0.1) is 0 Å². The van der Waals surface area contributed by atoms with E-state index in [4.69, 9.17) is 9.15 Å². The third-order valence-electron chi connectivity index (χ3n) is 5.36. The van der Waals surface area contributed by atoms with Crippen molar-refractivity contribution in [1.82, 2.24) is 9.88 Å². The van der Waals surface area contributed by atoms with Crippen LogP contribution < -0.4 is 4.74 Å². The summed E-state index contributed by atoms with van der Waals surface area (Å²) in [6.45, 7) is 3.97. The molecule has 0 spiro atoms. The van der Waals surface area contributed by atoms with Crippen LogP contribution in [-0.4, -0.2) is 27.9 Å². The molecule has 0 unspecified atom stereocenters. The summed E-state index contributed by atoms with van der Waals surface area (Å²) in [4.78, 5) is 19.4. The quantitative estimate of drug-likeness (QED) is 0.553. The lowest BCUT2D eigenvalue weighted by atomic mass is 10.1. The molecule has 1 aliphatic rings. The number of carbonyl (C=O) groups is 1. The van der Waals surface area contributed by atoms with Gasteiger partial charge in [0.1, 0.15) is 29.2 Å². The number of rotatable bonds is 6. The Labute approximate surface area is 179 Å². The van der Waals surface area contributed by atoms with E-state index < -0.39 is 5.60 Å². The van der Waals surface area contributed by atoms with Gasteiger partial charge in [-0.25, -0.2) is 13.8 Å². The molecule has 2 heterocycles. The van der Waals surface area contributed by atoms with Crippen LogP contribution in [0, 0.1) is 11.6 Å². The van der Waals surface area contributed by atoms with Gasteiger partial charge in [-0.05, 0) is 68.7 Å². The number of carbonyl (C=O) groups excluding carboxylic acids is 1. The first-order chi connectivity index (χ1) is 14.8. The average Bonchev–Trinajstić information content (AvgIpc) is 3.40. The predicted octanol–water partition coefficient (Wildman–Crippen LogP) is 5.06. The number of hydrogen-bond acceptors (Lipinski definition) is 4. The van der Waals surface area contributed by atoms with Crippen LogP contribution in [0.4, 0.5) is 8.78 Å². The molecule has 3 aromatic rings. The summed E-state index contributed by atoms with van der Waals surface area (Å²) in [5.74, 6) is 0.734. The van der Waals surface area contributed by atoms with Crippen molar-refractivity contribution in [2.45, 2.75) is 44.8 Å². The van der Waals surface area contributed by atoms with Gasteiger partial charge in [0.15, 0.2) is 5.60 Å². The van der Waals surface area contributed by atoms with Crippen molar-refractivity contribution < 1.29 is 22.7 Å². The van der Waals surface area contributed by atoms with Gasteiger partial charge in [0, 0.05) is 13.0 Å². The molecule has 0 bridgehead atoms. The monoisotopic (exact) mass is 426 g/mol. The molecule has 1 aliphatic heterocycles. The molecule has 1 saturated heterocycles. The molecule has 1 atom stereocenters. The molecule has 4 rings (SSSR count). The summed E-state index contributed by atoms with van der Waals surface area (Å²) >= 11 is 0. The van der Waals surface area contributed by atoms with Gasteiger partial charge in [-0.1, -0.05) is 12.1 Å². The molecule has 1 amide bonds. The van der Waals surface area contributed by atoms with Crippen LogP contribution in [-0.2, 0) is 11.2 Å². The molecule has 0 radical (unpaired) electrons. The van der Waals surface area contributed by atoms with E-state index in [0.717, 1.165) is 18.4 Å². The van der Waals surface area contributed by atoms with Crippen LogP contribution in [0.25, 0.3) is 0 Å². The van der Waals surface area contributed by atoms with Gasteiger partial charge >= 0.3 is 0 Å². The Kier molecular flexibility index (Phi) is 5.76. The van der Waals surface area contributed by atoms with Gasteiger partial charge in [0.2, 0.25) is 5.89 Å². The number of oxazole rings is 1. The number of hydrogen-bond donors (Lipinski definition) is 0. The van der Waals surface area contributed by atoms with Crippen molar-refractivity contribution >= 4 is 5.91 Å². The molecule has 7 heteroatoms. The van der Waals surface area contributed by atoms with E-state index in [0.29, 0.717) is 30.4 Å². The highest BCUT2D eigenvalue weighted by Crippen LogP contribution is 2.34. The van der Waals surface area contributed by atoms with E-state index in [-0.39, 0.29) is 23.6 Å². The van der Waals surface area contributed by atoms with E-state index in [1.165, 1.54) is 36.4 Å². The summed E-state index contributed by atoms with van der Waals surface area (Å²) in [5, 5.41) is 0. The molecule has 0 N–H and O–H groups in total. The minimum Gasteiger partial charge on any atom is -0.478 e. The maximum absolute atomic E-state index is 13.3. The first-order valence-electron chi connectivity index (χ1n) is 10.3. The van der Waals surface area contributed by atoms with E-state index >= 15 is 0 Å². The fourth-order valence-electron chi connectivity index (χ4n) is 3.82. The van der Waals surface area contributed by atoms with E-state index in [2.05, 4.69) is 4.98 Å². The smallest absolute Gasteiger partial charge is 0.266 e. The van der Waals surface area contributed by atoms with Crippen LogP contribution in [0.3, 0.4) is 0 Å². The third kappa shape index (κ3) is 4.76. The van der Waals surface area contributed by atoms with Crippen molar-refractivity contribution in [2.75, 3.05) is 6.54 Å². The number of benzene rings is 2. The average molecular weight is 426 g/mol. The van der Waals surface area contributed by atoms with Gasteiger partial charge in [-0.2, -0.15) is 0 Å². The normalized spacial score (nSPS) is 16.5. The number of likely N-dealkylation sites (tertiary alicyclic amines) is 1. The summed E-state index contributed by atoms with van der Waals surface area (Å²) < 4.78 is 38.1. The number of ether oxygens (including phenoxy) is 1. The molecule has 2 aromatic carbocycles. The Morgan fingerprint density at radius 1 is 1.13 bits per heavy atom. The van der Waals surface area contributed by atoms with Crippen molar-refractivity contribution in [3.05, 3.63) is 83.6 Å². The van der Waals surface area contributed by atoms with Gasteiger partial charge in [-0.3, -0.25) is 4.79 Å². The molecule has 0 saturated carbocycles. The lowest BCUT2D eigenvalue weighted by Crippen LogP contribution is -2.48. The molecular formula is C24H24F2N2O3. The zero-order valence-electron chi connectivity index (χ0n) is 17.5. The largest absolute Gasteiger partial charge is 0.478 e. The Bertz CT molecular complexity index is 1050. The zero-order chi connectivity index (χ0) is 22.0. The van der Waals surface area contributed by atoms with Crippen LogP contribution in [0.2, 0.25) is 0 Å². The fraction of sp³-hybridized carbons (Fsp3) is 0.333. The molecule has 1 fully saturated rings. The van der Waals surface area contributed by atoms with E-state index in [9.17, 15) is 13.6 Å². The molecule has 162 valence electrons. The number of aromatic nitrogens is 1. The minimum atomic E-state index is -1.13. The Hall–Kier alpha value is -3.22. The highest BCUT2D eigenvalue weighted by molar-refractivity contribution is 5.85. The summed E-state index contributed by atoms with van der Waals surface area (Å²) in [6.07, 6.45) is 3.72. The first kappa shape index (κ1) is 21.0. The van der Waals surface area contributed by atoms with Crippen LogP contribution >= 0.6 is 0 Å².